The number of alkyl halides is 2. The molecule has 0 aliphatic rings. The molecular weight excluding hydrogens is 382 g/mol. The van der Waals surface area contributed by atoms with Crippen molar-refractivity contribution >= 4 is 44.0 Å². The molecule has 17 heavy (non-hydrogen) atoms. The number of benzene rings is 1. The Kier molecular flexibility index (Phi) is 4.79. The van der Waals surface area contributed by atoms with Crippen LogP contribution in [0, 0.1) is 5.82 Å². The van der Waals surface area contributed by atoms with Gasteiger partial charge in [0.15, 0.2) is 9.84 Å². The van der Waals surface area contributed by atoms with Crippen LogP contribution >= 0.6 is 34.2 Å². The van der Waals surface area contributed by atoms with Crippen LogP contribution in [0.15, 0.2) is 24.3 Å². The Balaban J connectivity index is 3.17. The molecule has 1 rings (SSSR count). The first-order valence-corrected chi connectivity index (χ1v) is 7.87. The second kappa shape index (κ2) is 5.38. The normalized spacial score (nSPS) is 17.5. The largest absolute Gasteiger partial charge is 0.385 e. The summed E-state index contributed by atoms with van der Waals surface area (Å²) in [5.41, 5.74) is 0.131. The van der Waals surface area contributed by atoms with Gasteiger partial charge < -0.3 is 5.11 Å². The molecule has 2 atom stereocenters. The molecule has 0 aromatic heterocycles. The van der Waals surface area contributed by atoms with Gasteiger partial charge in [-0.2, -0.15) is 0 Å². The summed E-state index contributed by atoms with van der Waals surface area (Å²) >= 11 is 7.36. The average molecular weight is 393 g/mol. The van der Waals surface area contributed by atoms with Crippen LogP contribution in [0.3, 0.4) is 0 Å². The van der Waals surface area contributed by atoms with Gasteiger partial charge in [-0.05, 0) is 40.3 Å². The molecule has 1 aromatic rings. The Hall–Kier alpha value is 0.0800. The van der Waals surface area contributed by atoms with Gasteiger partial charge >= 0.3 is 0 Å². The molecule has 0 bridgehead atoms. The topological polar surface area (TPSA) is 54.4 Å². The lowest BCUT2D eigenvalue weighted by molar-refractivity contribution is 0.187. The number of halogens is 3. The summed E-state index contributed by atoms with van der Waals surface area (Å²) in [6.07, 6.45) is -1.49. The van der Waals surface area contributed by atoms with Crippen LogP contribution in [0.1, 0.15) is 18.6 Å². The minimum atomic E-state index is -3.68. The minimum Gasteiger partial charge on any atom is -0.385 e. The number of aliphatic hydroxyl groups excluding tert-OH is 1. The third-order valence-electron chi connectivity index (χ3n) is 2.28. The first kappa shape index (κ1) is 15.1. The molecule has 0 fully saturated rings. The van der Waals surface area contributed by atoms with E-state index in [-0.39, 0.29) is 11.3 Å². The molecular formula is C10H11ClFIO3S. The Morgan fingerprint density at radius 2 is 2.18 bits per heavy atom. The molecule has 7 heteroatoms. The van der Waals surface area contributed by atoms with E-state index < -0.39 is 24.0 Å². The average Bonchev–Trinajstić information content (AvgIpc) is 2.27. The van der Waals surface area contributed by atoms with Gasteiger partial charge in [-0.1, -0.05) is 30.7 Å². The highest BCUT2D eigenvalue weighted by Gasteiger charge is 2.45. The van der Waals surface area contributed by atoms with Crippen molar-refractivity contribution < 1.29 is 17.9 Å². The lowest BCUT2D eigenvalue weighted by Gasteiger charge is -2.25. The maximum Gasteiger partial charge on any atom is 0.225 e. The SMILES string of the molecule is CCS(=O)(=O)[C@@](Cl)(I)[C@H](O)c1cccc(F)c1. The van der Waals surface area contributed by atoms with E-state index in [1.54, 1.807) is 0 Å². The lowest BCUT2D eigenvalue weighted by Crippen LogP contribution is -2.34. The highest BCUT2D eigenvalue weighted by atomic mass is 127. The first-order valence-electron chi connectivity index (χ1n) is 4.76. The van der Waals surface area contributed by atoms with E-state index in [0.29, 0.717) is 0 Å². The second-order valence-corrected chi connectivity index (χ2v) is 9.77. The van der Waals surface area contributed by atoms with Crippen LogP contribution in [0.2, 0.25) is 0 Å². The second-order valence-electron chi connectivity index (χ2n) is 3.42. The van der Waals surface area contributed by atoms with Crippen molar-refractivity contribution in [1.29, 1.82) is 0 Å². The van der Waals surface area contributed by atoms with Crippen molar-refractivity contribution in [2.45, 2.75) is 15.2 Å². The van der Waals surface area contributed by atoms with Crippen LogP contribution in [0.25, 0.3) is 0 Å². The summed E-state index contributed by atoms with van der Waals surface area (Å²) < 4.78 is 34.5. The number of aliphatic hydroxyl groups is 1. The van der Waals surface area contributed by atoms with E-state index in [2.05, 4.69) is 0 Å². The van der Waals surface area contributed by atoms with Gasteiger partial charge in [-0.15, -0.1) is 0 Å². The van der Waals surface area contributed by atoms with E-state index >= 15 is 0 Å². The fourth-order valence-corrected chi connectivity index (χ4v) is 3.84. The Morgan fingerprint density at radius 3 is 2.65 bits per heavy atom. The highest BCUT2D eigenvalue weighted by molar-refractivity contribution is 14.1. The minimum absolute atomic E-state index is 0.131. The van der Waals surface area contributed by atoms with Gasteiger partial charge in [-0.3, -0.25) is 0 Å². The van der Waals surface area contributed by atoms with Crippen molar-refractivity contribution in [3.63, 3.8) is 0 Å². The Labute approximate surface area is 118 Å². The molecule has 1 N–H and O–H groups in total. The molecule has 0 aliphatic heterocycles. The maximum atomic E-state index is 13.0. The highest BCUT2D eigenvalue weighted by Crippen LogP contribution is 2.43. The van der Waals surface area contributed by atoms with Gasteiger partial charge in [0, 0.05) is 0 Å². The maximum absolute atomic E-state index is 13.0. The number of hydrogen-bond donors (Lipinski definition) is 1. The summed E-state index contributed by atoms with van der Waals surface area (Å²) in [7, 11) is -3.68. The molecule has 3 nitrogen and oxygen atoms in total. The molecule has 0 amide bonds. The van der Waals surface area contributed by atoms with Gasteiger partial charge in [0.25, 0.3) is 0 Å². The Morgan fingerprint density at radius 1 is 1.59 bits per heavy atom. The number of sulfone groups is 1. The third-order valence-corrected chi connectivity index (χ3v) is 7.60. The smallest absolute Gasteiger partial charge is 0.225 e. The fraction of sp³-hybridized carbons (Fsp3) is 0.400. The van der Waals surface area contributed by atoms with Crippen molar-refractivity contribution in [1.82, 2.24) is 0 Å². The van der Waals surface area contributed by atoms with Gasteiger partial charge in [0.2, 0.25) is 2.21 Å². The van der Waals surface area contributed by atoms with Crippen LogP contribution in [0.5, 0.6) is 0 Å². The number of hydrogen-bond acceptors (Lipinski definition) is 3. The molecule has 0 heterocycles. The van der Waals surface area contributed by atoms with E-state index in [9.17, 15) is 17.9 Å². The third kappa shape index (κ3) is 3.10. The van der Waals surface area contributed by atoms with Gasteiger partial charge in [0.1, 0.15) is 11.9 Å². The van der Waals surface area contributed by atoms with Crippen LogP contribution in [0.4, 0.5) is 4.39 Å². The van der Waals surface area contributed by atoms with Crippen LogP contribution in [-0.4, -0.2) is 21.5 Å². The van der Waals surface area contributed by atoms with Crippen LogP contribution < -0.4 is 0 Å². The predicted octanol–water partition coefficient (Wildman–Crippen LogP) is 2.62. The summed E-state index contributed by atoms with van der Waals surface area (Å²) in [6.45, 7) is 1.43. The van der Waals surface area contributed by atoms with Gasteiger partial charge in [-0.25, -0.2) is 12.8 Å². The lowest BCUT2D eigenvalue weighted by atomic mass is 10.1. The molecule has 0 unspecified atom stereocenters. The molecule has 0 aliphatic carbocycles. The van der Waals surface area contributed by atoms with Crippen LogP contribution in [-0.2, 0) is 9.84 Å². The zero-order valence-electron chi connectivity index (χ0n) is 8.90. The van der Waals surface area contributed by atoms with E-state index in [1.165, 1.54) is 47.7 Å². The number of rotatable bonds is 4. The molecule has 96 valence electrons. The molecule has 0 spiro atoms. The van der Waals surface area contributed by atoms with Gasteiger partial charge in [0.05, 0.1) is 5.75 Å². The molecule has 1 aromatic carbocycles. The first-order chi connectivity index (χ1) is 7.72. The monoisotopic (exact) mass is 392 g/mol. The fourth-order valence-electron chi connectivity index (χ4n) is 1.23. The zero-order chi connectivity index (χ0) is 13.3. The standard InChI is InChI=1S/C10H11ClFIO3S/c1-2-17(15,16)10(11,13)9(14)7-4-3-5-8(12)6-7/h3-6,9,14H,2H2,1H3/t9-,10+/m1/s1. The Bertz CT molecular complexity index is 504. The predicted molar refractivity (Wildman–Crippen MR) is 73.4 cm³/mol. The van der Waals surface area contributed by atoms with Crippen molar-refractivity contribution in [3.8, 4) is 0 Å². The summed E-state index contributed by atoms with van der Waals surface area (Å²) in [4.78, 5) is 0. The molecule has 0 saturated heterocycles. The summed E-state index contributed by atoms with van der Waals surface area (Å²) in [5, 5.41) is 9.95. The molecule has 0 radical (unpaired) electrons. The zero-order valence-corrected chi connectivity index (χ0v) is 12.6. The van der Waals surface area contributed by atoms with Crippen molar-refractivity contribution in [2.24, 2.45) is 0 Å². The summed E-state index contributed by atoms with van der Waals surface area (Å²) in [6, 6.07) is 5.07. The molecule has 0 saturated carbocycles. The van der Waals surface area contributed by atoms with Crippen molar-refractivity contribution in [3.05, 3.63) is 35.6 Å². The quantitative estimate of drug-likeness (QED) is 0.633. The van der Waals surface area contributed by atoms with E-state index in [1.807, 2.05) is 0 Å². The van der Waals surface area contributed by atoms with Crippen molar-refractivity contribution in [2.75, 3.05) is 5.75 Å². The van der Waals surface area contributed by atoms with E-state index in [4.69, 9.17) is 11.6 Å². The summed E-state index contributed by atoms with van der Waals surface area (Å²) in [5.74, 6) is -0.759. The van der Waals surface area contributed by atoms with E-state index in [0.717, 1.165) is 6.07 Å².